The molecule has 1 amide bonds. The van der Waals surface area contributed by atoms with E-state index in [2.05, 4.69) is 20.9 Å². The lowest BCUT2D eigenvalue weighted by molar-refractivity contribution is -0.124. The first-order valence-corrected chi connectivity index (χ1v) is 8.77. The van der Waals surface area contributed by atoms with Crippen LogP contribution in [0.1, 0.15) is 37.7 Å². The molecule has 2 fully saturated rings. The fraction of sp³-hybridized carbons (Fsp3) is 0.471. The molecule has 0 spiro atoms. The molecular weight excluding hydrogens is 358 g/mol. The molecule has 1 aromatic rings. The predicted octanol–water partition coefficient (Wildman–Crippen LogP) is 2.59. The molecule has 0 bridgehead atoms. The van der Waals surface area contributed by atoms with Crippen LogP contribution >= 0.6 is 15.9 Å². The first-order chi connectivity index (χ1) is 11.0. The van der Waals surface area contributed by atoms with Crippen molar-refractivity contribution in [1.29, 1.82) is 5.41 Å². The van der Waals surface area contributed by atoms with Gasteiger partial charge in [-0.2, -0.15) is 0 Å². The van der Waals surface area contributed by atoms with E-state index < -0.39 is 5.41 Å². The number of amides is 1. The lowest BCUT2D eigenvalue weighted by atomic mass is 9.63. The Morgan fingerprint density at radius 2 is 1.78 bits per heavy atom. The number of aliphatic imine (C=N–C) groups is 1. The van der Waals surface area contributed by atoms with Crippen LogP contribution in [0.5, 0.6) is 0 Å². The molecule has 1 saturated heterocycles. The molecule has 122 valence electrons. The summed E-state index contributed by atoms with van der Waals surface area (Å²) in [4.78, 5) is 17.9. The number of amidine groups is 1. The van der Waals surface area contributed by atoms with Crippen LogP contribution in [-0.2, 0) is 10.2 Å². The Bertz CT molecular complexity index is 644. The average Bonchev–Trinajstić information content (AvgIpc) is 3.01. The second-order valence-corrected chi connectivity index (χ2v) is 7.17. The SMILES string of the molecule is N=C(N=C([OH2+])C(=O)N1CCCC1)C1(c2ccc(Br)cc2)CCC1. The summed E-state index contributed by atoms with van der Waals surface area (Å²) < 4.78 is 0.996. The number of rotatable bonds is 2. The van der Waals surface area contributed by atoms with Gasteiger partial charge in [0.1, 0.15) is 5.84 Å². The zero-order chi connectivity index (χ0) is 16.4. The molecule has 0 radical (unpaired) electrons. The molecule has 5 nitrogen and oxygen atoms in total. The van der Waals surface area contributed by atoms with E-state index in [4.69, 9.17) is 10.5 Å². The van der Waals surface area contributed by atoms with Crippen LogP contribution in [0.2, 0.25) is 0 Å². The van der Waals surface area contributed by atoms with Crippen molar-refractivity contribution in [2.45, 2.75) is 37.5 Å². The third-order valence-electron chi connectivity index (χ3n) is 4.88. The summed E-state index contributed by atoms with van der Waals surface area (Å²) in [5.41, 5.74) is 0.611. The van der Waals surface area contributed by atoms with Crippen molar-refractivity contribution in [3.63, 3.8) is 0 Å². The van der Waals surface area contributed by atoms with Crippen molar-refractivity contribution in [2.75, 3.05) is 13.1 Å². The van der Waals surface area contributed by atoms with Gasteiger partial charge in [-0.15, -0.1) is 4.99 Å². The van der Waals surface area contributed by atoms with Crippen LogP contribution in [0.25, 0.3) is 0 Å². The summed E-state index contributed by atoms with van der Waals surface area (Å²) in [6.07, 6.45) is 4.71. The second-order valence-electron chi connectivity index (χ2n) is 6.25. The largest absolute Gasteiger partial charge is 0.575 e. The normalized spacial score (nSPS) is 20.2. The van der Waals surface area contributed by atoms with Crippen LogP contribution in [0.3, 0.4) is 0 Å². The van der Waals surface area contributed by atoms with Gasteiger partial charge in [0.2, 0.25) is 0 Å². The van der Waals surface area contributed by atoms with E-state index in [-0.39, 0.29) is 17.6 Å². The Labute approximate surface area is 144 Å². The zero-order valence-electron chi connectivity index (χ0n) is 12.9. The number of carbonyl (C=O) groups is 1. The molecule has 3 rings (SSSR count). The summed E-state index contributed by atoms with van der Waals surface area (Å²) in [5.74, 6) is -0.513. The van der Waals surface area contributed by atoms with Gasteiger partial charge in [0.25, 0.3) is 0 Å². The maximum atomic E-state index is 12.2. The summed E-state index contributed by atoms with van der Waals surface area (Å²) in [7, 11) is 0. The lowest BCUT2D eigenvalue weighted by Crippen LogP contribution is -2.42. The molecule has 6 heteroatoms. The van der Waals surface area contributed by atoms with Gasteiger partial charge < -0.3 is 10.0 Å². The molecule has 1 aromatic carbocycles. The summed E-state index contributed by atoms with van der Waals surface area (Å²) in [6, 6.07) is 7.92. The molecule has 2 aliphatic rings. The minimum Gasteiger partial charge on any atom is -0.575 e. The number of hydrogen-bond acceptors (Lipinski definition) is 2. The predicted molar refractivity (Wildman–Crippen MR) is 94.3 cm³/mol. The van der Waals surface area contributed by atoms with Crippen molar-refractivity contribution < 1.29 is 9.90 Å². The van der Waals surface area contributed by atoms with Crippen molar-refractivity contribution in [2.24, 2.45) is 4.99 Å². The molecule has 1 heterocycles. The highest BCUT2D eigenvalue weighted by Gasteiger charge is 2.44. The molecule has 0 unspecified atom stereocenters. The first-order valence-electron chi connectivity index (χ1n) is 7.97. The standard InChI is InChI=1S/C17H20BrN3O2/c18-13-6-4-12(5-7-13)17(8-3-9-17)16(19)20-14(22)15(23)21-10-1-2-11-21/h4-7H,1-3,8-11H2,(H2,19,20,22)/p+1. The molecule has 23 heavy (non-hydrogen) atoms. The highest BCUT2D eigenvalue weighted by atomic mass is 79.9. The fourth-order valence-electron chi connectivity index (χ4n) is 3.30. The molecule has 1 aliphatic heterocycles. The maximum Gasteiger partial charge on any atom is 0.426 e. The van der Waals surface area contributed by atoms with Crippen LogP contribution in [-0.4, -0.2) is 40.7 Å². The monoisotopic (exact) mass is 378 g/mol. The first kappa shape index (κ1) is 16.2. The van der Waals surface area contributed by atoms with E-state index in [1.807, 2.05) is 24.3 Å². The van der Waals surface area contributed by atoms with Crippen LogP contribution in [0.15, 0.2) is 33.7 Å². The zero-order valence-corrected chi connectivity index (χ0v) is 14.5. The third kappa shape index (κ3) is 3.04. The van der Waals surface area contributed by atoms with Crippen LogP contribution in [0, 0.1) is 5.41 Å². The maximum absolute atomic E-state index is 12.2. The minimum atomic E-state index is -0.432. The molecule has 1 aliphatic carbocycles. The molecular formula is C17H21BrN3O2+. The summed E-state index contributed by atoms with van der Waals surface area (Å²) in [6.45, 7) is 1.39. The van der Waals surface area contributed by atoms with Crippen LogP contribution < -0.4 is 0 Å². The summed E-state index contributed by atoms with van der Waals surface area (Å²) >= 11 is 3.42. The van der Waals surface area contributed by atoms with E-state index in [1.54, 1.807) is 4.90 Å². The van der Waals surface area contributed by atoms with Crippen molar-refractivity contribution in [3.05, 3.63) is 34.3 Å². The second kappa shape index (κ2) is 6.43. The Morgan fingerprint density at radius 1 is 1.17 bits per heavy atom. The van der Waals surface area contributed by atoms with Gasteiger partial charge in [0, 0.05) is 17.6 Å². The van der Waals surface area contributed by atoms with Crippen molar-refractivity contribution >= 4 is 33.6 Å². The minimum absolute atomic E-state index is 0.142. The Morgan fingerprint density at radius 3 is 2.30 bits per heavy atom. The number of halogens is 1. The number of hydrogen-bond donors (Lipinski definition) is 1. The summed E-state index contributed by atoms with van der Waals surface area (Å²) in [5, 5.41) is 16.3. The molecule has 0 atom stereocenters. The highest BCUT2D eigenvalue weighted by molar-refractivity contribution is 9.10. The average molecular weight is 379 g/mol. The number of nitrogens with one attached hydrogen (secondary N) is 1. The number of benzene rings is 1. The smallest absolute Gasteiger partial charge is 0.426 e. The van der Waals surface area contributed by atoms with Crippen LogP contribution in [0.4, 0.5) is 0 Å². The molecule has 0 aromatic heterocycles. The highest BCUT2D eigenvalue weighted by Crippen LogP contribution is 2.45. The molecule has 1 saturated carbocycles. The van der Waals surface area contributed by atoms with E-state index in [9.17, 15) is 4.79 Å². The van der Waals surface area contributed by atoms with Gasteiger partial charge in [-0.05, 0) is 43.4 Å². The van der Waals surface area contributed by atoms with E-state index in [1.165, 1.54) is 0 Å². The lowest BCUT2D eigenvalue weighted by Gasteiger charge is -2.40. The Balaban J connectivity index is 1.81. The van der Waals surface area contributed by atoms with E-state index in [0.717, 1.165) is 42.1 Å². The van der Waals surface area contributed by atoms with E-state index in [0.29, 0.717) is 13.1 Å². The number of likely N-dealkylation sites (tertiary alicyclic amines) is 1. The Kier molecular flexibility index (Phi) is 4.53. The van der Waals surface area contributed by atoms with Gasteiger partial charge in [-0.25, -0.2) is 0 Å². The van der Waals surface area contributed by atoms with Crippen molar-refractivity contribution in [1.82, 2.24) is 4.90 Å². The quantitative estimate of drug-likeness (QED) is 0.479. The molecule has 3 N–H and O–H groups in total. The van der Waals surface area contributed by atoms with Gasteiger partial charge in [-0.1, -0.05) is 34.5 Å². The number of carbonyl (C=O) groups excluding carboxylic acids is 1. The van der Waals surface area contributed by atoms with Crippen molar-refractivity contribution in [3.8, 4) is 0 Å². The third-order valence-corrected chi connectivity index (χ3v) is 5.41. The van der Waals surface area contributed by atoms with Gasteiger partial charge >= 0.3 is 11.8 Å². The number of nitrogens with zero attached hydrogens (tertiary/aromatic N) is 2. The fourth-order valence-corrected chi connectivity index (χ4v) is 3.56. The topological polar surface area (TPSA) is 79.4 Å². The van der Waals surface area contributed by atoms with Gasteiger partial charge in [-0.3, -0.25) is 10.2 Å². The van der Waals surface area contributed by atoms with Gasteiger partial charge in [0.15, 0.2) is 0 Å². The van der Waals surface area contributed by atoms with Gasteiger partial charge in [0.05, 0.1) is 5.41 Å². The van der Waals surface area contributed by atoms with E-state index >= 15 is 0 Å². The Hall–Kier alpha value is -1.69.